The Hall–Kier alpha value is -0.370. The minimum absolute atomic E-state index is 0.398. The van der Waals surface area contributed by atoms with Gasteiger partial charge < -0.3 is 5.32 Å². The van der Waals surface area contributed by atoms with Crippen molar-refractivity contribution in [3.63, 3.8) is 0 Å². The van der Waals surface area contributed by atoms with Crippen molar-refractivity contribution in [1.82, 2.24) is 5.32 Å². The number of carbonyl (C=O) groups excluding carboxylic acids is 1. The zero-order valence-corrected chi connectivity index (χ0v) is 10.6. The Morgan fingerprint density at radius 1 is 0.688 bits per heavy atom. The molecule has 2 heteroatoms. The summed E-state index contributed by atoms with van der Waals surface area (Å²) in [5.74, 6) is 0.398. The highest BCUT2D eigenvalue weighted by Crippen LogP contribution is 2.11. The van der Waals surface area contributed by atoms with Crippen molar-refractivity contribution < 1.29 is 4.79 Å². The van der Waals surface area contributed by atoms with Gasteiger partial charge in [-0.25, -0.2) is 0 Å². The molecule has 1 fully saturated rings. The molecule has 0 unspecified atom stereocenters. The van der Waals surface area contributed by atoms with Gasteiger partial charge in [0.2, 0.25) is 0 Å². The van der Waals surface area contributed by atoms with Crippen molar-refractivity contribution in [1.29, 1.82) is 0 Å². The number of ketones is 1. The first-order chi connectivity index (χ1) is 7.89. The lowest BCUT2D eigenvalue weighted by molar-refractivity contribution is -0.118. The normalized spacial score (nSPS) is 23.4. The average molecular weight is 225 g/mol. The maximum Gasteiger partial charge on any atom is 0.146 e. The Kier molecular flexibility index (Phi) is 8.41. The third-order valence-corrected chi connectivity index (χ3v) is 3.38. The molecule has 0 bridgehead atoms. The van der Waals surface area contributed by atoms with Gasteiger partial charge in [0, 0.05) is 6.42 Å². The summed E-state index contributed by atoms with van der Waals surface area (Å²) in [7, 11) is 0. The largest absolute Gasteiger partial charge is 0.310 e. The van der Waals surface area contributed by atoms with Crippen LogP contribution >= 0.6 is 0 Å². The molecular weight excluding hydrogens is 198 g/mol. The lowest BCUT2D eigenvalue weighted by Crippen LogP contribution is -2.23. The molecule has 0 atom stereocenters. The molecule has 0 saturated carbocycles. The number of Topliss-reactive ketones (excluding diaryl/α,β-unsaturated/α-hetero) is 1. The summed E-state index contributed by atoms with van der Waals surface area (Å²) < 4.78 is 0. The van der Waals surface area contributed by atoms with E-state index in [0.717, 1.165) is 19.4 Å². The summed E-state index contributed by atoms with van der Waals surface area (Å²) in [4.78, 5) is 11.5. The molecule has 1 rings (SSSR count). The molecular formula is C14H27NO. The van der Waals surface area contributed by atoms with E-state index in [4.69, 9.17) is 0 Å². The number of hydrogen-bond acceptors (Lipinski definition) is 2. The van der Waals surface area contributed by atoms with E-state index in [9.17, 15) is 4.79 Å². The minimum atomic E-state index is 0.398. The third kappa shape index (κ3) is 7.86. The summed E-state index contributed by atoms with van der Waals surface area (Å²) in [6.07, 6.45) is 13.9. The van der Waals surface area contributed by atoms with Crippen molar-refractivity contribution in [3.8, 4) is 0 Å². The number of hydrogen-bond donors (Lipinski definition) is 1. The van der Waals surface area contributed by atoms with Crippen molar-refractivity contribution in [2.45, 2.75) is 70.6 Å². The van der Waals surface area contributed by atoms with Gasteiger partial charge in [-0.3, -0.25) is 4.79 Å². The van der Waals surface area contributed by atoms with Gasteiger partial charge in [-0.2, -0.15) is 0 Å². The fourth-order valence-corrected chi connectivity index (χ4v) is 2.30. The highest BCUT2D eigenvalue weighted by atomic mass is 16.1. The Bertz CT molecular complexity index is 162. The average Bonchev–Trinajstić information content (AvgIpc) is 2.29. The minimum Gasteiger partial charge on any atom is -0.310 e. The van der Waals surface area contributed by atoms with Crippen LogP contribution < -0.4 is 5.32 Å². The first-order valence-electron chi connectivity index (χ1n) is 7.12. The summed E-state index contributed by atoms with van der Waals surface area (Å²) >= 11 is 0. The van der Waals surface area contributed by atoms with E-state index in [1.54, 1.807) is 0 Å². The second-order valence-corrected chi connectivity index (χ2v) is 5.00. The van der Waals surface area contributed by atoms with Gasteiger partial charge >= 0.3 is 0 Å². The summed E-state index contributed by atoms with van der Waals surface area (Å²) in [5.41, 5.74) is 0. The van der Waals surface area contributed by atoms with Gasteiger partial charge in [0.15, 0.2) is 0 Å². The van der Waals surface area contributed by atoms with E-state index >= 15 is 0 Å². The number of nitrogens with one attached hydrogen (secondary N) is 1. The van der Waals surface area contributed by atoms with Gasteiger partial charge in [-0.15, -0.1) is 0 Å². The fraction of sp³-hybridized carbons (Fsp3) is 0.929. The van der Waals surface area contributed by atoms with Crippen LogP contribution in [0.5, 0.6) is 0 Å². The van der Waals surface area contributed by atoms with Crippen LogP contribution in [0.25, 0.3) is 0 Å². The molecule has 1 aliphatic heterocycles. The molecule has 0 aliphatic carbocycles. The topological polar surface area (TPSA) is 29.1 Å². The maximum absolute atomic E-state index is 11.5. The predicted octanol–water partition coefficient (Wildman–Crippen LogP) is 3.45. The molecule has 1 saturated heterocycles. The monoisotopic (exact) mass is 225 g/mol. The lowest BCUT2D eigenvalue weighted by atomic mass is 10.1. The van der Waals surface area contributed by atoms with Gasteiger partial charge in [0.25, 0.3) is 0 Å². The summed E-state index contributed by atoms with van der Waals surface area (Å²) in [5, 5.41) is 3.26. The Balaban J connectivity index is 2.13. The fourth-order valence-electron chi connectivity index (χ4n) is 2.30. The highest BCUT2D eigenvalue weighted by Gasteiger charge is 2.01. The molecule has 0 amide bonds. The van der Waals surface area contributed by atoms with Gasteiger partial charge in [-0.1, -0.05) is 51.4 Å². The Morgan fingerprint density at radius 3 is 1.81 bits per heavy atom. The molecule has 94 valence electrons. The number of rotatable bonds is 0. The first-order valence-corrected chi connectivity index (χ1v) is 7.12. The van der Waals surface area contributed by atoms with Crippen LogP contribution in [0.4, 0.5) is 0 Å². The zero-order valence-electron chi connectivity index (χ0n) is 10.6. The van der Waals surface area contributed by atoms with E-state index in [2.05, 4.69) is 5.32 Å². The quantitative estimate of drug-likeness (QED) is 0.684. The lowest BCUT2D eigenvalue weighted by Gasteiger charge is -2.03. The van der Waals surface area contributed by atoms with E-state index in [1.165, 1.54) is 57.8 Å². The second kappa shape index (κ2) is 9.83. The highest BCUT2D eigenvalue weighted by molar-refractivity contribution is 5.80. The Morgan fingerprint density at radius 2 is 1.19 bits per heavy atom. The van der Waals surface area contributed by atoms with Crippen LogP contribution in [0.3, 0.4) is 0 Å². The van der Waals surface area contributed by atoms with E-state index in [1.807, 2.05) is 0 Å². The molecule has 1 aliphatic rings. The van der Waals surface area contributed by atoms with Crippen LogP contribution in [0.15, 0.2) is 0 Å². The van der Waals surface area contributed by atoms with Gasteiger partial charge in [-0.05, 0) is 19.4 Å². The van der Waals surface area contributed by atoms with Crippen LogP contribution in [0.1, 0.15) is 70.6 Å². The summed E-state index contributed by atoms with van der Waals surface area (Å²) in [6.45, 7) is 1.62. The third-order valence-electron chi connectivity index (χ3n) is 3.38. The summed E-state index contributed by atoms with van der Waals surface area (Å²) in [6, 6.07) is 0. The van der Waals surface area contributed by atoms with Crippen molar-refractivity contribution in [3.05, 3.63) is 0 Å². The van der Waals surface area contributed by atoms with Crippen molar-refractivity contribution >= 4 is 5.78 Å². The molecule has 1 heterocycles. The molecule has 2 nitrogen and oxygen atoms in total. The van der Waals surface area contributed by atoms with Crippen LogP contribution in [-0.2, 0) is 4.79 Å². The van der Waals surface area contributed by atoms with Gasteiger partial charge in [0.05, 0.1) is 6.54 Å². The number of carbonyl (C=O) groups is 1. The standard InChI is InChI=1S/C14H27NO/c16-14-11-9-7-5-3-1-2-4-6-8-10-12-15-13-14/h15H,1-13H2. The molecule has 0 radical (unpaired) electrons. The molecule has 0 aromatic rings. The smallest absolute Gasteiger partial charge is 0.146 e. The SMILES string of the molecule is O=C1CCCCCCCCCCCCNC1. The van der Waals surface area contributed by atoms with Crippen LogP contribution in [0, 0.1) is 0 Å². The zero-order chi connectivity index (χ0) is 11.5. The molecule has 1 N–H and O–H groups in total. The predicted molar refractivity (Wildman–Crippen MR) is 68.7 cm³/mol. The van der Waals surface area contributed by atoms with Crippen molar-refractivity contribution in [2.24, 2.45) is 0 Å². The Labute approximate surface area is 100 Å². The molecule has 16 heavy (non-hydrogen) atoms. The van der Waals surface area contributed by atoms with Crippen LogP contribution in [0.2, 0.25) is 0 Å². The molecule has 0 spiro atoms. The van der Waals surface area contributed by atoms with E-state index in [-0.39, 0.29) is 0 Å². The van der Waals surface area contributed by atoms with Gasteiger partial charge in [0.1, 0.15) is 5.78 Å². The van der Waals surface area contributed by atoms with E-state index in [0.29, 0.717) is 12.3 Å². The van der Waals surface area contributed by atoms with Crippen LogP contribution in [-0.4, -0.2) is 18.9 Å². The second-order valence-electron chi connectivity index (χ2n) is 5.00. The maximum atomic E-state index is 11.5. The first kappa shape index (κ1) is 13.7. The molecule has 0 aromatic heterocycles. The molecule has 0 aromatic carbocycles. The van der Waals surface area contributed by atoms with E-state index < -0.39 is 0 Å². The van der Waals surface area contributed by atoms with Crippen molar-refractivity contribution in [2.75, 3.05) is 13.1 Å².